The summed E-state index contributed by atoms with van der Waals surface area (Å²) in [5.41, 5.74) is 3.57. The number of carbonyl (C=O) groups excluding carboxylic acids is 3. The topological polar surface area (TPSA) is 78.5 Å². The lowest BCUT2D eigenvalue weighted by Gasteiger charge is -2.31. The summed E-state index contributed by atoms with van der Waals surface area (Å²) in [4.78, 5) is 44.8. The monoisotopic (exact) mass is 691 g/mol. The second-order valence-electron chi connectivity index (χ2n) is 9.97. The largest absolute Gasteiger partial charge is 0.321 e. The molecule has 0 radical (unpaired) electrons. The molecule has 0 aromatic heterocycles. The molecule has 0 bridgehead atoms. The Morgan fingerprint density at radius 1 is 0.756 bits per heavy atom. The molecule has 1 aliphatic heterocycles. The summed E-state index contributed by atoms with van der Waals surface area (Å²) in [5, 5.41) is 5.67. The number of anilines is 3. The molecule has 0 unspecified atom stereocenters. The third kappa shape index (κ3) is 7.39. The van der Waals surface area contributed by atoms with Crippen molar-refractivity contribution in [1.29, 1.82) is 0 Å². The molecule has 0 saturated heterocycles. The maximum atomic E-state index is 13.6. The lowest BCUT2D eigenvalue weighted by Crippen LogP contribution is -2.30. The molecule has 6 nitrogen and oxygen atoms in total. The third-order valence-corrected chi connectivity index (χ3v) is 9.48. The first-order valence-electron chi connectivity index (χ1n) is 14.0. The highest BCUT2D eigenvalue weighted by atomic mass is 79.9. The van der Waals surface area contributed by atoms with Crippen molar-refractivity contribution >= 4 is 80.3 Å². The van der Waals surface area contributed by atoms with E-state index in [0.717, 1.165) is 36.1 Å². The zero-order valence-electron chi connectivity index (χ0n) is 23.8. The highest BCUT2D eigenvalue weighted by molar-refractivity contribution is 9.10. The van der Waals surface area contributed by atoms with E-state index in [-0.39, 0.29) is 17.4 Å². The van der Waals surface area contributed by atoms with Crippen molar-refractivity contribution in [2.45, 2.75) is 14.7 Å². The first kappa shape index (κ1) is 30.5. The molecule has 0 atom stereocenters. The maximum absolute atomic E-state index is 13.6. The zero-order valence-corrected chi connectivity index (χ0v) is 27.0. The fourth-order valence-electron chi connectivity index (χ4n) is 4.71. The molecular weight excluding hydrogens is 666 g/mol. The molecule has 9 heteroatoms. The SMILES string of the molecule is O=C(Nc1cccc(SCC(=O)N2c3ccccc3Sc3ccccc32)c1)/C(=C/c1ccc(Br)cc1)NC(=O)c1ccccc1. The second-order valence-corrected chi connectivity index (χ2v) is 13.0. The Bertz CT molecular complexity index is 1870. The minimum atomic E-state index is -0.473. The number of rotatable bonds is 8. The minimum absolute atomic E-state index is 0.0435. The van der Waals surface area contributed by atoms with E-state index in [4.69, 9.17) is 0 Å². The van der Waals surface area contributed by atoms with Gasteiger partial charge in [0.15, 0.2) is 0 Å². The number of fused-ring (bicyclic) bond motifs is 2. The smallest absolute Gasteiger partial charge is 0.272 e. The van der Waals surface area contributed by atoms with Crippen LogP contribution in [0.15, 0.2) is 152 Å². The number of hydrogen-bond acceptors (Lipinski definition) is 5. The molecule has 1 aliphatic rings. The highest BCUT2D eigenvalue weighted by Gasteiger charge is 2.27. The molecule has 0 fully saturated rings. The van der Waals surface area contributed by atoms with Crippen molar-refractivity contribution in [3.8, 4) is 0 Å². The third-order valence-electron chi connectivity index (χ3n) is 6.85. The molecule has 0 saturated carbocycles. The lowest BCUT2D eigenvalue weighted by molar-refractivity contribution is -0.115. The molecule has 222 valence electrons. The summed E-state index contributed by atoms with van der Waals surface area (Å²) >= 11 is 6.48. The van der Waals surface area contributed by atoms with Crippen molar-refractivity contribution in [3.05, 3.63) is 149 Å². The predicted molar refractivity (Wildman–Crippen MR) is 186 cm³/mol. The molecule has 45 heavy (non-hydrogen) atoms. The van der Waals surface area contributed by atoms with Crippen molar-refractivity contribution in [1.82, 2.24) is 5.32 Å². The van der Waals surface area contributed by atoms with Gasteiger partial charge in [0.1, 0.15) is 5.70 Å². The summed E-state index contributed by atoms with van der Waals surface area (Å²) < 4.78 is 0.902. The highest BCUT2D eigenvalue weighted by Crippen LogP contribution is 2.48. The van der Waals surface area contributed by atoms with Gasteiger partial charge in [0.2, 0.25) is 5.91 Å². The molecular formula is C36H26BrN3O3S2. The number of amides is 3. The van der Waals surface area contributed by atoms with Crippen LogP contribution in [0.4, 0.5) is 17.1 Å². The predicted octanol–water partition coefficient (Wildman–Crippen LogP) is 8.78. The number of nitrogens with one attached hydrogen (secondary N) is 2. The van der Waals surface area contributed by atoms with Gasteiger partial charge in [0.05, 0.1) is 17.1 Å². The number of para-hydroxylation sites is 2. The molecule has 5 aromatic rings. The van der Waals surface area contributed by atoms with Crippen LogP contribution >= 0.6 is 39.5 Å². The van der Waals surface area contributed by atoms with Crippen LogP contribution in [0.25, 0.3) is 6.08 Å². The average molecular weight is 693 g/mol. The van der Waals surface area contributed by atoms with Gasteiger partial charge in [0, 0.05) is 30.4 Å². The zero-order chi connectivity index (χ0) is 31.2. The standard InChI is InChI=1S/C36H26BrN3O3S2/c37-26-19-17-24(18-20-26)21-29(39-35(42)25-9-2-1-3-10-25)36(43)38-27-11-8-12-28(22-27)44-23-34(41)40-30-13-4-6-15-32(30)45-33-16-7-5-14-31(33)40/h1-22H,23H2,(H,38,43)(H,39,42)/b29-21-. The maximum Gasteiger partial charge on any atom is 0.272 e. The van der Waals surface area contributed by atoms with Gasteiger partial charge >= 0.3 is 0 Å². The number of benzene rings is 5. The van der Waals surface area contributed by atoms with Crippen molar-refractivity contribution in [2.75, 3.05) is 16.0 Å². The fourth-order valence-corrected chi connectivity index (χ4v) is 6.84. The van der Waals surface area contributed by atoms with Crippen molar-refractivity contribution < 1.29 is 14.4 Å². The van der Waals surface area contributed by atoms with Gasteiger partial charge in [-0.15, -0.1) is 11.8 Å². The van der Waals surface area contributed by atoms with Gasteiger partial charge in [-0.3, -0.25) is 19.3 Å². The van der Waals surface area contributed by atoms with E-state index in [2.05, 4.69) is 26.6 Å². The molecule has 0 aliphatic carbocycles. The molecule has 2 N–H and O–H groups in total. The summed E-state index contributed by atoms with van der Waals surface area (Å²) in [5.74, 6) is -0.708. The number of nitrogens with zero attached hydrogens (tertiary/aromatic N) is 1. The van der Waals surface area contributed by atoms with E-state index in [1.807, 2.05) is 97.1 Å². The van der Waals surface area contributed by atoms with E-state index in [1.165, 1.54) is 11.8 Å². The molecule has 1 heterocycles. The van der Waals surface area contributed by atoms with E-state index in [9.17, 15) is 14.4 Å². The number of hydrogen-bond donors (Lipinski definition) is 2. The Labute approximate surface area is 278 Å². The first-order valence-corrected chi connectivity index (χ1v) is 16.6. The van der Waals surface area contributed by atoms with Gasteiger partial charge in [-0.1, -0.05) is 88.4 Å². The first-order chi connectivity index (χ1) is 21.9. The average Bonchev–Trinajstić information content (AvgIpc) is 3.07. The van der Waals surface area contributed by atoms with Crippen LogP contribution in [0.3, 0.4) is 0 Å². The Kier molecular flexibility index (Phi) is 9.49. The summed E-state index contributed by atoms with van der Waals surface area (Å²) in [6.07, 6.45) is 1.63. The Hall–Kier alpha value is -4.57. The summed E-state index contributed by atoms with van der Waals surface area (Å²) in [7, 11) is 0. The quantitative estimate of drug-likeness (QED) is 0.126. The van der Waals surface area contributed by atoms with Crippen LogP contribution in [0.5, 0.6) is 0 Å². The van der Waals surface area contributed by atoms with E-state index < -0.39 is 11.8 Å². The van der Waals surface area contributed by atoms with E-state index in [0.29, 0.717) is 11.3 Å². The van der Waals surface area contributed by atoms with Crippen LogP contribution < -0.4 is 15.5 Å². The van der Waals surface area contributed by atoms with Crippen LogP contribution in [-0.2, 0) is 9.59 Å². The van der Waals surface area contributed by atoms with E-state index in [1.54, 1.807) is 53.1 Å². The lowest BCUT2D eigenvalue weighted by atomic mass is 10.1. The van der Waals surface area contributed by atoms with Gasteiger partial charge in [-0.05, 0) is 78.4 Å². The van der Waals surface area contributed by atoms with Crippen LogP contribution in [0, 0.1) is 0 Å². The van der Waals surface area contributed by atoms with Crippen molar-refractivity contribution in [2.24, 2.45) is 0 Å². The summed E-state index contributed by atoms with van der Waals surface area (Å²) in [6.45, 7) is 0. The number of thioether (sulfide) groups is 1. The molecule has 0 spiro atoms. The van der Waals surface area contributed by atoms with Gasteiger partial charge < -0.3 is 10.6 Å². The fraction of sp³-hybridized carbons (Fsp3) is 0.0278. The van der Waals surface area contributed by atoms with E-state index >= 15 is 0 Å². The molecule has 5 aromatic carbocycles. The second kappa shape index (κ2) is 14.0. The Morgan fingerprint density at radius 3 is 2.09 bits per heavy atom. The normalized spacial score (nSPS) is 12.1. The minimum Gasteiger partial charge on any atom is -0.321 e. The number of carbonyl (C=O) groups is 3. The van der Waals surface area contributed by atoms with Crippen LogP contribution in [-0.4, -0.2) is 23.5 Å². The Balaban J connectivity index is 1.18. The molecule has 3 amide bonds. The van der Waals surface area contributed by atoms with Gasteiger partial charge in [-0.2, -0.15) is 0 Å². The Morgan fingerprint density at radius 2 is 1.40 bits per heavy atom. The van der Waals surface area contributed by atoms with Crippen LogP contribution in [0.1, 0.15) is 15.9 Å². The van der Waals surface area contributed by atoms with Gasteiger partial charge in [-0.25, -0.2) is 0 Å². The summed E-state index contributed by atoms with van der Waals surface area (Å²) in [6, 6.07) is 39.3. The van der Waals surface area contributed by atoms with Crippen molar-refractivity contribution in [3.63, 3.8) is 0 Å². The molecule has 6 rings (SSSR count). The van der Waals surface area contributed by atoms with Crippen LogP contribution in [0.2, 0.25) is 0 Å². The number of halogens is 1. The van der Waals surface area contributed by atoms with Gasteiger partial charge in [0.25, 0.3) is 11.8 Å².